The fraction of sp³-hybridized carbons (Fsp3) is 0.0952. The maximum atomic E-state index is 5.67. The van der Waals surface area contributed by atoms with E-state index < -0.39 is 0 Å². The number of nitrogens with zero attached hydrogens (tertiary/aromatic N) is 2. The maximum Gasteiger partial charge on any atom is 0.138 e. The molecular formula is C21H18N2O. The normalized spacial score (nSPS) is 10.9. The lowest BCUT2D eigenvalue weighted by Crippen LogP contribution is -1.95. The van der Waals surface area contributed by atoms with Gasteiger partial charge in [0.1, 0.15) is 11.4 Å². The van der Waals surface area contributed by atoms with Crippen molar-refractivity contribution in [2.45, 2.75) is 6.92 Å². The van der Waals surface area contributed by atoms with Gasteiger partial charge in [-0.2, -0.15) is 0 Å². The van der Waals surface area contributed by atoms with Crippen LogP contribution in [-0.4, -0.2) is 16.0 Å². The van der Waals surface area contributed by atoms with Gasteiger partial charge in [-0.1, -0.05) is 60.7 Å². The number of hydrogen-bond donors (Lipinski definition) is 0. The van der Waals surface area contributed by atoms with Crippen LogP contribution in [0, 0.1) is 0 Å². The molecule has 24 heavy (non-hydrogen) atoms. The van der Waals surface area contributed by atoms with Crippen LogP contribution in [0.5, 0.6) is 5.75 Å². The van der Waals surface area contributed by atoms with Crippen LogP contribution in [0.2, 0.25) is 0 Å². The summed E-state index contributed by atoms with van der Waals surface area (Å²) in [7, 11) is 0. The Morgan fingerprint density at radius 1 is 0.833 bits per heavy atom. The van der Waals surface area contributed by atoms with E-state index in [2.05, 4.69) is 40.8 Å². The van der Waals surface area contributed by atoms with Crippen molar-refractivity contribution in [3.05, 3.63) is 79.0 Å². The average Bonchev–Trinajstić information content (AvgIpc) is 3.02. The first-order chi connectivity index (χ1) is 11.9. The van der Waals surface area contributed by atoms with Crippen molar-refractivity contribution in [1.29, 1.82) is 0 Å². The number of ether oxygens (including phenoxy) is 1. The lowest BCUT2D eigenvalue weighted by molar-refractivity contribution is 0.338. The third-order valence-corrected chi connectivity index (χ3v) is 4.00. The van der Waals surface area contributed by atoms with E-state index in [1.54, 1.807) is 0 Å². The van der Waals surface area contributed by atoms with E-state index in [9.17, 15) is 0 Å². The molecule has 0 amide bonds. The summed E-state index contributed by atoms with van der Waals surface area (Å²) < 4.78 is 7.78. The summed E-state index contributed by atoms with van der Waals surface area (Å²) in [6.07, 6.45) is 2.01. The van der Waals surface area contributed by atoms with Crippen molar-refractivity contribution >= 4 is 5.65 Å². The summed E-state index contributed by atoms with van der Waals surface area (Å²) in [5.74, 6) is 0.846. The Balaban J connectivity index is 2.01. The summed E-state index contributed by atoms with van der Waals surface area (Å²) in [5.41, 5.74) is 5.22. The second kappa shape index (κ2) is 6.20. The first-order valence-corrected chi connectivity index (χ1v) is 8.12. The van der Waals surface area contributed by atoms with Crippen LogP contribution in [0.25, 0.3) is 28.2 Å². The maximum absolute atomic E-state index is 5.67. The van der Waals surface area contributed by atoms with Crippen LogP contribution in [0.4, 0.5) is 0 Å². The third kappa shape index (κ3) is 2.54. The zero-order valence-electron chi connectivity index (χ0n) is 13.5. The first-order valence-electron chi connectivity index (χ1n) is 8.12. The molecule has 0 aliphatic carbocycles. The Morgan fingerprint density at radius 2 is 1.50 bits per heavy atom. The van der Waals surface area contributed by atoms with Gasteiger partial charge >= 0.3 is 0 Å². The van der Waals surface area contributed by atoms with Crippen molar-refractivity contribution in [2.75, 3.05) is 6.61 Å². The molecule has 0 saturated carbocycles. The standard InChI is InChI=1S/C21H18N2O/c1-2-24-18-13-14-19-22-20(16-9-5-3-6-10-16)21(23(19)15-18)17-11-7-4-8-12-17/h3-15H,2H2,1H3. The van der Waals surface area contributed by atoms with Gasteiger partial charge in [0.15, 0.2) is 0 Å². The molecule has 0 radical (unpaired) electrons. The highest BCUT2D eigenvalue weighted by molar-refractivity contribution is 5.82. The fourth-order valence-corrected chi connectivity index (χ4v) is 2.95. The molecule has 4 rings (SSSR count). The van der Waals surface area contributed by atoms with Gasteiger partial charge in [0.2, 0.25) is 0 Å². The average molecular weight is 314 g/mol. The van der Waals surface area contributed by atoms with Gasteiger partial charge in [0, 0.05) is 11.1 Å². The molecule has 2 heterocycles. The highest BCUT2D eigenvalue weighted by Gasteiger charge is 2.16. The second-order valence-corrected chi connectivity index (χ2v) is 5.57. The molecule has 0 N–H and O–H groups in total. The molecule has 0 fully saturated rings. The number of benzene rings is 2. The fourth-order valence-electron chi connectivity index (χ4n) is 2.95. The second-order valence-electron chi connectivity index (χ2n) is 5.57. The Hall–Kier alpha value is -3.07. The predicted molar refractivity (Wildman–Crippen MR) is 97.2 cm³/mol. The molecule has 0 saturated heterocycles. The summed E-state index contributed by atoms with van der Waals surface area (Å²) in [4.78, 5) is 4.87. The Kier molecular flexibility index (Phi) is 3.75. The molecule has 118 valence electrons. The van der Waals surface area contributed by atoms with Gasteiger partial charge in [-0.25, -0.2) is 4.98 Å². The number of imidazole rings is 1. The summed E-state index contributed by atoms with van der Waals surface area (Å²) in [6, 6.07) is 24.6. The van der Waals surface area contributed by atoms with Crippen LogP contribution in [0.1, 0.15) is 6.92 Å². The smallest absolute Gasteiger partial charge is 0.138 e. The zero-order chi connectivity index (χ0) is 16.4. The van der Waals surface area contributed by atoms with Crippen molar-refractivity contribution in [3.8, 4) is 28.3 Å². The molecule has 4 aromatic rings. The van der Waals surface area contributed by atoms with Crippen molar-refractivity contribution < 1.29 is 4.74 Å². The molecule has 0 aliphatic heterocycles. The summed E-state index contributed by atoms with van der Waals surface area (Å²) >= 11 is 0. The number of fused-ring (bicyclic) bond motifs is 1. The molecule has 3 heteroatoms. The van der Waals surface area contributed by atoms with Crippen LogP contribution in [-0.2, 0) is 0 Å². The molecule has 3 nitrogen and oxygen atoms in total. The number of rotatable bonds is 4. The molecule has 0 bridgehead atoms. The summed E-state index contributed by atoms with van der Waals surface area (Å²) in [6.45, 7) is 2.64. The van der Waals surface area contributed by atoms with Crippen molar-refractivity contribution in [2.24, 2.45) is 0 Å². The molecule has 2 aromatic carbocycles. The van der Waals surface area contributed by atoms with E-state index in [1.807, 2.05) is 49.5 Å². The molecule has 0 atom stereocenters. The van der Waals surface area contributed by atoms with Crippen molar-refractivity contribution in [3.63, 3.8) is 0 Å². The van der Waals surface area contributed by atoms with Crippen LogP contribution in [0.15, 0.2) is 79.0 Å². The van der Waals surface area contributed by atoms with Crippen LogP contribution < -0.4 is 4.74 Å². The number of aromatic nitrogens is 2. The Morgan fingerprint density at radius 3 is 2.17 bits per heavy atom. The van der Waals surface area contributed by atoms with E-state index >= 15 is 0 Å². The van der Waals surface area contributed by atoms with Crippen LogP contribution >= 0.6 is 0 Å². The minimum atomic E-state index is 0.645. The van der Waals surface area contributed by atoms with E-state index in [-0.39, 0.29) is 0 Å². The molecular weight excluding hydrogens is 296 g/mol. The third-order valence-electron chi connectivity index (χ3n) is 4.00. The van der Waals surface area contributed by atoms with Gasteiger partial charge < -0.3 is 4.74 Å². The first kappa shape index (κ1) is 14.5. The van der Waals surface area contributed by atoms with E-state index in [0.717, 1.165) is 33.9 Å². The van der Waals surface area contributed by atoms with Gasteiger partial charge in [-0.3, -0.25) is 4.40 Å². The van der Waals surface area contributed by atoms with Crippen LogP contribution in [0.3, 0.4) is 0 Å². The number of hydrogen-bond acceptors (Lipinski definition) is 2. The van der Waals surface area contributed by atoms with E-state index in [4.69, 9.17) is 9.72 Å². The Bertz CT molecular complexity index is 959. The van der Waals surface area contributed by atoms with E-state index in [1.165, 1.54) is 0 Å². The van der Waals surface area contributed by atoms with Gasteiger partial charge in [0.25, 0.3) is 0 Å². The summed E-state index contributed by atoms with van der Waals surface area (Å²) in [5, 5.41) is 0. The topological polar surface area (TPSA) is 26.5 Å². The lowest BCUT2D eigenvalue weighted by atomic mass is 10.1. The minimum Gasteiger partial charge on any atom is -0.492 e. The SMILES string of the molecule is CCOc1ccc2nc(-c3ccccc3)c(-c3ccccc3)n2c1. The molecule has 2 aromatic heterocycles. The highest BCUT2D eigenvalue weighted by atomic mass is 16.5. The minimum absolute atomic E-state index is 0.645. The monoisotopic (exact) mass is 314 g/mol. The highest BCUT2D eigenvalue weighted by Crippen LogP contribution is 2.33. The van der Waals surface area contributed by atoms with Gasteiger partial charge in [-0.15, -0.1) is 0 Å². The zero-order valence-corrected chi connectivity index (χ0v) is 13.5. The largest absolute Gasteiger partial charge is 0.492 e. The lowest BCUT2D eigenvalue weighted by Gasteiger charge is -2.08. The van der Waals surface area contributed by atoms with Gasteiger partial charge in [-0.05, 0) is 19.1 Å². The molecule has 0 spiro atoms. The quantitative estimate of drug-likeness (QED) is 0.526. The van der Waals surface area contributed by atoms with Gasteiger partial charge in [0.05, 0.1) is 24.2 Å². The predicted octanol–water partition coefficient (Wildman–Crippen LogP) is 5.07. The van der Waals surface area contributed by atoms with E-state index in [0.29, 0.717) is 6.61 Å². The number of pyridine rings is 1. The van der Waals surface area contributed by atoms with Crippen molar-refractivity contribution in [1.82, 2.24) is 9.38 Å². The Labute approximate surface area is 141 Å². The molecule has 0 unspecified atom stereocenters. The molecule has 0 aliphatic rings.